The molecule has 0 unspecified atom stereocenters. The largest absolute Gasteiger partial charge is 0.340 e. The molecule has 0 atom stereocenters. The summed E-state index contributed by atoms with van der Waals surface area (Å²) >= 11 is 0. The highest BCUT2D eigenvalue weighted by Gasteiger charge is 2.31. The molecule has 1 amide bonds. The van der Waals surface area contributed by atoms with Gasteiger partial charge in [0.05, 0.1) is 42.7 Å². The summed E-state index contributed by atoms with van der Waals surface area (Å²) in [6.07, 6.45) is 4.83. The van der Waals surface area contributed by atoms with Gasteiger partial charge in [0.2, 0.25) is 5.91 Å². The van der Waals surface area contributed by atoms with Crippen LogP contribution in [-0.4, -0.2) is 46.6 Å². The Balaban J connectivity index is 2.26. The van der Waals surface area contributed by atoms with Crippen LogP contribution in [0.2, 0.25) is 0 Å². The van der Waals surface area contributed by atoms with Crippen molar-refractivity contribution in [2.45, 2.75) is 27.7 Å². The van der Waals surface area contributed by atoms with Crippen molar-refractivity contribution in [3.8, 4) is 5.69 Å². The van der Waals surface area contributed by atoms with E-state index in [-0.39, 0.29) is 25.3 Å². The summed E-state index contributed by atoms with van der Waals surface area (Å²) < 4.78 is 24.8. The average molecular weight is 380 g/mol. The molecule has 0 bridgehead atoms. The summed E-state index contributed by atoms with van der Waals surface area (Å²) in [6.45, 7) is 7.96. The van der Waals surface area contributed by atoms with E-state index in [0.717, 1.165) is 5.69 Å². The Labute approximate surface area is 153 Å². The van der Waals surface area contributed by atoms with Crippen LogP contribution in [0.1, 0.15) is 26.5 Å². The van der Waals surface area contributed by atoms with E-state index in [2.05, 4.69) is 10.1 Å². The quantitative estimate of drug-likeness (QED) is 0.621. The standard InChI is InChI=1S/C17H25N4O4P/c1-5-20(17(22)13-26(23,24-6-2)25-7-3)16-12-21(19-14(16)4)15-9-8-10-18-11-15/h8-12H,5-7,13H2,1-4H3. The van der Waals surface area contributed by atoms with Gasteiger partial charge >= 0.3 is 7.60 Å². The van der Waals surface area contributed by atoms with Crippen molar-refractivity contribution in [2.75, 3.05) is 30.8 Å². The molecule has 0 N–H and O–H groups in total. The smallest absolute Gasteiger partial charge is 0.309 e. The minimum atomic E-state index is -3.46. The van der Waals surface area contributed by atoms with Crippen LogP contribution >= 0.6 is 7.60 Å². The molecule has 9 heteroatoms. The van der Waals surface area contributed by atoms with Crippen LogP contribution in [0.4, 0.5) is 5.69 Å². The number of amides is 1. The van der Waals surface area contributed by atoms with E-state index in [4.69, 9.17) is 9.05 Å². The molecular formula is C17H25N4O4P. The minimum absolute atomic E-state index is 0.217. The van der Waals surface area contributed by atoms with Crippen LogP contribution in [0, 0.1) is 6.92 Å². The zero-order valence-electron chi connectivity index (χ0n) is 15.6. The highest BCUT2D eigenvalue weighted by Crippen LogP contribution is 2.48. The first-order valence-electron chi connectivity index (χ1n) is 8.59. The predicted molar refractivity (Wildman–Crippen MR) is 99.8 cm³/mol. The summed E-state index contributed by atoms with van der Waals surface area (Å²) in [5, 5.41) is 4.45. The number of hydrogen-bond acceptors (Lipinski definition) is 6. The van der Waals surface area contributed by atoms with E-state index >= 15 is 0 Å². The number of aromatic nitrogens is 3. The summed E-state index contributed by atoms with van der Waals surface area (Å²) in [5.41, 5.74) is 2.13. The lowest BCUT2D eigenvalue weighted by Crippen LogP contribution is -2.33. The molecule has 0 saturated heterocycles. The van der Waals surface area contributed by atoms with Crippen molar-refractivity contribution >= 4 is 19.2 Å². The maximum Gasteiger partial charge on any atom is 0.340 e. The molecule has 26 heavy (non-hydrogen) atoms. The number of aryl methyl sites for hydroxylation is 1. The van der Waals surface area contributed by atoms with Gasteiger partial charge in [0.15, 0.2) is 0 Å². The molecule has 0 radical (unpaired) electrons. The summed E-state index contributed by atoms with van der Waals surface area (Å²) in [6, 6.07) is 3.69. The number of hydrogen-bond donors (Lipinski definition) is 0. The molecule has 2 aromatic heterocycles. The molecule has 0 fully saturated rings. The number of anilines is 1. The second kappa shape index (κ2) is 9.07. The Morgan fingerprint density at radius 3 is 2.50 bits per heavy atom. The molecule has 2 aromatic rings. The van der Waals surface area contributed by atoms with Crippen molar-refractivity contribution < 1.29 is 18.4 Å². The highest BCUT2D eigenvalue weighted by atomic mass is 31.2. The molecule has 2 rings (SSSR count). The van der Waals surface area contributed by atoms with Crippen LogP contribution < -0.4 is 4.90 Å². The van der Waals surface area contributed by atoms with E-state index in [1.54, 1.807) is 42.0 Å². The van der Waals surface area contributed by atoms with E-state index < -0.39 is 7.60 Å². The van der Waals surface area contributed by atoms with Crippen LogP contribution in [0.3, 0.4) is 0 Å². The fourth-order valence-electron chi connectivity index (χ4n) is 2.59. The van der Waals surface area contributed by atoms with Crippen LogP contribution in [0.15, 0.2) is 30.7 Å². The number of carbonyl (C=O) groups is 1. The second-order valence-electron chi connectivity index (χ2n) is 5.50. The average Bonchev–Trinajstić information content (AvgIpc) is 2.98. The van der Waals surface area contributed by atoms with Gasteiger partial charge in [0.1, 0.15) is 6.16 Å². The maximum atomic E-state index is 12.8. The second-order valence-corrected chi connectivity index (χ2v) is 7.55. The third-order valence-corrected chi connectivity index (χ3v) is 5.63. The molecular weight excluding hydrogens is 355 g/mol. The lowest BCUT2D eigenvalue weighted by atomic mass is 10.3. The van der Waals surface area contributed by atoms with Gasteiger partial charge in [0, 0.05) is 12.7 Å². The molecule has 0 aromatic carbocycles. The fraction of sp³-hybridized carbons (Fsp3) is 0.471. The maximum absolute atomic E-state index is 12.8. The zero-order valence-corrected chi connectivity index (χ0v) is 16.5. The Morgan fingerprint density at radius 2 is 1.96 bits per heavy atom. The van der Waals surface area contributed by atoms with Gasteiger partial charge in [0.25, 0.3) is 0 Å². The number of carbonyl (C=O) groups excluding carboxylic acids is 1. The summed E-state index contributed by atoms with van der Waals surface area (Å²) in [4.78, 5) is 18.4. The number of rotatable bonds is 9. The lowest BCUT2D eigenvalue weighted by Gasteiger charge is -2.23. The molecule has 8 nitrogen and oxygen atoms in total. The monoisotopic (exact) mass is 380 g/mol. The van der Waals surface area contributed by atoms with E-state index in [1.807, 2.05) is 26.0 Å². The van der Waals surface area contributed by atoms with Gasteiger partial charge in [-0.2, -0.15) is 5.10 Å². The van der Waals surface area contributed by atoms with Crippen molar-refractivity contribution in [1.82, 2.24) is 14.8 Å². The Morgan fingerprint density at radius 1 is 1.27 bits per heavy atom. The first kappa shape index (κ1) is 20.3. The normalized spacial score (nSPS) is 11.5. The van der Waals surface area contributed by atoms with Crippen LogP contribution in [0.25, 0.3) is 5.69 Å². The molecule has 0 saturated carbocycles. The summed E-state index contributed by atoms with van der Waals surface area (Å²) in [7, 11) is -3.46. The van der Waals surface area contributed by atoms with Crippen LogP contribution in [0.5, 0.6) is 0 Å². The molecule has 0 aliphatic heterocycles. The number of nitrogens with zero attached hydrogens (tertiary/aromatic N) is 4. The van der Waals surface area contributed by atoms with Crippen molar-refractivity contribution in [1.29, 1.82) is 0 Å². The first-order valence-corrected chi connectivity index (χ1v) is 10.3. The van der Waals surface area contributed by atoms with Crippen LogP contribution in [-0.2, 0) is 18.4 Å². The van der Waals surface area contributed by atoms with Gasteiger partial charge in [-0.1, -0.05) is 0 Å². The van der Waals surface area contributed by atoms with Gasteiger partial charge in [-0.3, -0.25) is 14.3 Å². The molecule has 0 spiro atoms. The molecule has 142 valence electrons. The van der Waals surface area contributed by atoms with Gasteiger partial charge in [-0.05, 0) is 39.8 Å². The Bertz CT molecular complexity index is 768. The Kier molecular flexibility index (Phi) is 7.08. The lowest BCUT2D eigenvalue weighted by molar-refractivity contribution is -0.116. The van der Waals surface area contributed by atoms with Crippen molar-refractivity contribution in [3.63, 3.8) is 0 Å². The molecule has 0 aliphatic carbocycles. The van der Waals surface area contributed by atoms with Gasteiger partial charge in [-0.15, -0.1) is 0 Å². The first-order chi connectivity index (χ1) is 12.4. The zero-order chi connectivity index (χ0) is 19.2. The summed E-state index contributed by atoms with van der Waals surface area (Å²) in [5.74, 6) is -0.327. The third kappa shape index (κ3) is 4.78. The third-order valence-electron chi connectivity index (χ3n) is 3.67. The van der Waals surface area contributed by atoms with Gasteiger partial charge < -0.3 is 13.9 Å². The molecule has 0 aliphatic rings. The minimum Gasteiger partial charge on any atom is -0.309 e. The van der Waals surface area contributed by atoms with Gasteiger partial charge in [-0.25, -0.2) is 4.68 Å². The molecule has 2 heterocycles. The number of pyridine rings is 1. The highest BCUT2D eigenvalue weighted by molar-refractivity contribution is 7.54. The van der Waals surface area contributed by atoms with Crippen molar-refractivity contribution in [3.05, 3.63) is 36.4 Å². The topological polar surface area (TPSA) is 86.6 Å². The SMILES string of the molecule is CCOP(=O)(CC(=O)N(CC)c1cn(-c2cccnc2)nc1C)OCC. The fourth-order valence-corrected chi connectivity index (χ4v) is 4.14. The Hall–Kier alpha value is -2.02. The predicted octanol–water partition coefficient (Wildman–Crippen LogP) is 3.19. The van der Waals surface area contributed by atoms with E-state index in [0.29, 0.717) is 17.9 Å². The van der Waals surface area contributed by atoms with E-state index in [9.17, 15) is 9.36 Å². The van der Waals surface area contributed by atoms with Crippen molar-refractivity contribution in [2.24, 2.45) is 0 Å². The van der Waals surface area contributed by atoms with E-state index in [1.165, 1.54) is 0 Å².